The van der Waals surface area contributed by atoms with Crippen molar-refractivity contribution in [3.8, 4) is 0 Å². The summed E-state index contributed by atoms with van der Waals surface area (Å²) in [5, 5.41) is 0. The summed E-state index contributed by atoms with van der Waals surface area (Å²) in [5.74, 6) is 0.746. The molecule has 0 saturated heterocycles. The van der Waals surface area contributed by atoms with E-state index in [2.05, 4.69) is 38.1 Å². The van der Waals surface area contributed by atoms with Gasteiger partial charge >= 0.3 is 0 Å². The molecule has 1 heteroatoms. The van der Waals surface area contributed by atoms with Crippen LogP contribution in [0, 0.1) is 12.8 Å². The fourth-order valence-electron chi connectivity index (χ4n) is 2.52. The van der Waals surface area contributed by atoms with Crippen LogP contribution in [-0.4, -0.2) is 6.54 Å². The first-order valence-corrected chi connectivity index (χ1v) is 5.46. The Kier molecular flexibility index (Phi) is 2.36. The summed E-state index contributed by atoms with van der Waals surface area (Å²) in [4.78, 5) is 0. The molecule has 76 valence electrons. The van der Waals surface area contributed by atoms with Gasteiger partial charge in [-0.3, -0.25) is 0 Å². The first-order valence-electron chi connectivity index (χ1n) is 5.46. The van der Waals surface area contributed by atoms with E-state index in [0.29, 0.717) is 0 Å². The SMILES string of the molecule is Cc1ccc(C2(CN)CCC2C)cc1. The van der Waals surface area contributed by atoms with Crippen molar-refractivity contribution in [2.24, 2.45) is 11.7 Å². The molecular formula is C13H19N. The molecule has 1 aliphatic rings. The highest BCUT2D eigenvalue weighted by Crippen LogP contribution is 2.47. The molecule has 0 aliphatic heterocycles. The first kappa shape index (κ1) is 9.72. The lowest BCUT2D eigenvalue weighted by Gasteiger charge is -2.48. The van der Waals surface area contributed by atoms with Gasteiger partial charge in [0.15, 0.2) is 0 Å². The van der Waals surface area contributed by atoms with Gasteiger partial charge in [-0.1, -0.05) is 36.8 Å². The number of nitrogens with two attached hydrogens (primary N) is 1. The zero-order valence-corrected chi connectivity index (χ0v) is 9.09. The van der Waals surface area contributed by atoms with Crippen molar-refractivity contribution in [2.75, 3.05) is 6.54 Å². The van der Waals surface area contributed by atoms with E-state index in [9.17, 15) is 0 Å². The van der Waals surface area contributed by atoms with Gasteiger partial charge in [-0.25, -0.2) is 0 Å². The minimum absolute atomic E-state index is 0.285. The van der Waals surface area contributed by atoms with Gasteiger partial charge in [0.25, 0.3) is 0 Å². The van der Waals surface area contributed by atoms with Gasteiger partial charge < -0.3 is 5.73 Å². The van der Waals surface area contributed by atoms with E-state index in [-0.39, 0.29) is 5.41 Å². The smallest absolute Gasteiger partial charge is 0.0101 e. The summed E-state index contributed by atoms with van der Waals surface area (Å²) in [6, 6.07) is 8.88. The Balaban J connectivity index is 2.33. The van der Waals surface area contributed by atoms with Gasteiger partial charge in [-0.15, -0.1) is 0 Å². The van der Waals surface area contributed by atoms with Gasteiger partial charge in [-0.05, 0) is 31.2 Å². The molecule has 2 atom stereocenters. The Labute approximate surface area is 86.3 Å². The standard InChI is InChI=1S/C13H19N/c1-10-3-5-12(6-4-10)13(9-14)8-7-11(13)2/h3-6,11H,7-9,14H2,1-2H3. The van der Waals surface area contributed by atoms with Crippen LogP contribution in [0.4, 0.5) is 0 Å². The van der Waals surface area contributed by atoms with Crippen LogP contribution in [0.15, 0.2) is 24.3 Å². The summed E-state index contributed by atoms with van der Waals surface area (Å²) in [6.07, 6.45) is 2.58. The molecule has 0 radical (unpaired) electrons. The van der Waals surface area contributed by atoms with Crippen LogP contribution in [0.1, 0.15) is 30.9 Å². The van der Waals surface area contributed by atoms with Crippen molar-refractivity contribution in [2.45, 2.75) is 32.1 Å². The lowest BCUT2D eigenvalue weighted by molar-refractivity contribution is 0.146. The van der Waals surface area contributed by atoms with Crippen molar-refractivity contribution < 1.29 is 0 Å². The maximum atomic E-state index is 5.93. The van der Waals surface area contributed by atoms with Crippen LogP contribution < -0.4 is 5.73 Å². The molecule has 2 unspecified atom stereocenters. The molecule has 0 aromatic heterocycles. The summed E-state index contributed by atoms with van der Waals surface area (Å²) in [6.45, 7) is 5.23. The fourth-order valence-corrected chi connectivity index (χ4v) is 2.52. The topological polar surface area (TPSA) is 26.0 Å². The monoisotopic (exact) mass is 189 g/mol. The average molecular weight is 189 g/mol. The predicted octanol–water partition coefficient (Wildman–Crippen LogP) is 2.62. The second-order valence-corrected chi connectivity index (χ2v) is 4.67. The highest BCUT2D eigenvalue weighted by Gasteiger charge is 2.43. The molecule has 2 rings (SSSR count). The normalized spacial score (nSPS) is 31.2. The highest BCUT2D eigenvalue weighted by atomic mass is 14.6. The molecule has 1 aromatic rings. The van der Waals surface area contributed by atoms with E-state index < -0.39 is 0 Å². The van der Waals surface area contributed by atoms with Gasteiger partial charge in [-0.2, -0.15) is 0 Å². The number of hydrogen-bond donors (Lipinski definition) is 1. The number of benzene rings is 1. The van der Waals surface area contributed by atoms with Crippen LogP contribution in [-0.2, 0) is 5.41 Å². The maximum Gasteiger partial charge on any atom is 0.0101 e. The molecule has 1 saturated carbocycles. The maximum absolute atomic E-state index is 5.93. The number of aryl methyl sites for hydroxylation is 1. The molecule has 0 bridgehead atoms. The number of rotatable bonds is 2. The largest absolute Gasteiger partial charge is 0.330 e. The molecule has 14 heavy (non-hydrogen) atoms. The van der Waals surface area contributed by atoms with Crippen molar-refractivity contribution in [1.82, 2.24) is 0 Å². The van der Waals surface area contributed by atoms with E-state index >= 15 is 0 Å². The van der Waals surface area contributed by atoms with Gasteiger partial charge in [0.1, 0.15) is 0 Å². The Morgan fingerprint density at radius 1 is 1.36 bits per heavy atom. The Bertz CT molecular complexity index is 311. The van der Waals surface area contributed by atoms with Gasteiger partial charge in [0, 0.05) is 12.0 Å². The van der Waals surface area contributed by atoms with E-state index in [1.165, 1.54) is 24.0 Å². The zero-order valence-electron chi connectivity index (χ0n) is 9.09. The van der Waals surface area contributed by atoms with Crippen molar-refractivity contribution in [3.63, 3.8) is 0 Å². The molecule has 0 spiro atoms. The summed E-state index contributed by atoms with van der Waals surface area (Å²) in [5.41, 5.74) is 8.98. The molecule has 2 N–H and O–H groups in total. The van der Waals surface area contributed by atoms with E-state index in [1.54, 1.807) is 0 Å². The van der Waals surface area contributed by atoms with Crippen LogP contribution in [0.3, 0.4) is 0 Å². The molecule has 1 fully saturated rings. The fraction of sp³-hybridized carbons (Fsp3) is 0.538. The van der Waals surface area contributed by atoms with E-state index in [0.717, 1.165) is 12.5 Å². The Morgan fingerprint density at radius 3 is 2.36 bits per heavy atom. The Morgan fingerprint density at radius 2 is 2.00 bits per heavy atom. The van der Waals surface area contributed by atoms with Crippen LogP contribution in [0.25, 0.3) is 0 Å². The minimum atomic E-state index is 0.285. The predicted molar refractivity (Wildman–Crippen MR) is 60.3 cm³/mol. The van der Waals surface area contributed by atoms with E-state index in [1.807, 2.05) is 0 Å². The Hall–Kier alpha value is -0.820. The quantitative estimate of drug-likeness (QED) is 0.760. The third kappa shape index (κ3) is 1.27. The lowest BCUT2D eigenvalue weighted by Crippen LogP contribution is -2.48. The third-order valence-electron chi connectivity index (χ3n) is 3.96. The summed E-state index contributed by atoms with van der Waals surface area (Å²) < 4.78 is 0. The van der Waals surface area contributed by atoms with E-state index in [4.69, 9.17) is 5.73 Å². The van der Waals surface area contributed by atoms with Crippen LogP contribution in [0.2, 0.25) is 0 Å². The molecule has 1 aromatic carbocycles. The second kappa shape index (κ2) is 3.39. The van der Waals surface area contributed by atoms with Crippen LogP contribution in [0.5, 0.6) is 0 Å². The molecule has 1 nitrogen and oxygen atoms in total. The summed E-state index contributed by atoms with van der Waals surface area (Å²) in [7, 11) is 0. The molecule has 1 aliphatic carbocycles. The van der Waals surface area contributed by atoms with Crippen molar-refractivity contribution in [3.05, 3.63) is 35.4 Å². The van der Waals surface area contributed by atoms with Gasteiger partial charge in [0.2, 0.25) is 0 Å². The highest BCUT2D eigenvalue weighted by molar-refractivity contribution is 5.32. The first-order chi connectivity index (χ1) is 6.69. The molecular weight excluding hydrogens is 170 g/mol. The lowest BCUT2D eigenvalue weighted by atomic mass is 9.57. The molecule has 0 amide bonds. The third-order valence-corrected chi connectivity index (χ3v) is 3.96. The summed E-state index contributed by atoms with van der Waals surface area (Å²) >= 11 is 0. The van der Waals surface area contributed by atoms with Crippen LogP contribution >= 0.6 is 0 Å². The second-order valence-electron chi connectivity index (χ2n) is 4.67. The van der Waals surface area contributed by atoms with Crippen molar-refractivity contribution in [1.29, 1.82) is 0 Å². The minimum Gasteiger partial charge on any atom is -0.330 e. The average Bonchev–Trinajstić information content (AvgIpc) is 2.20. The number of hydrogen-bond acceptors (Lipinski definition) is 1. The van der Waals surface area contributed by atoms with Crippen molar-refractivity contribution >= 4 is 0 Å². The van der Waals surface area contributed by atoms with Gasteiger partial charge in [0.05, 0.1) is 0 Å². The molecule has 0 heterocycles. The zero-order chi connectivity index (χ0) is 10.2.